The zero-order valence-electron chi connectivity index (χ0n) is 25.7. The van der Waals surface area contributed by atoms with Gasteiger partial charge >= 0.3 is 5.97 Å². The van der Waals surface area contributed by atoms with E-state index in [1.165, 1.54) is 0 Å². The van der Waals surface area contributed by atoms with Crippen LogP contribution in [0.15, 0.2) is 109 Å². The van der Waals surface area contributed by atoms with E-state index in [1.54, 1.807) is 13.0 Å². The maximum Gasteiger partial charge on any atom is 0.380 e. The number of carbonyl (C=O) groups excluding carboxylic acids is 2. The summed E-state index contributed by atoms with van der Waals surface area (Å²) in [6.45, 7) is 10.2. The Morgan fingerprint density at radius 3 is 1.91 bits per heavy atom. The van der Waals surface area contributed by atoms with Gasteiger partial charge in [0.2, 0.25) is 5.78 Å². The van der Waals surface area contributed by atoms with Gasteiger partial charge < -0.3 is 13.7 Å². The molecule has 1 unspecified atom stereocenters. The van der Waals surface area contributed by atoms with E-state index in [4.69, 9.17) is 20.8 Å². The lowest BCUT2D eigenvalue weighted by Gasteiger charge is -2.33. The van der Waals surface area contributed by atoms with E-state index in [0.29, 0.717) is 21.9 Å². The van der Waals surface area contributed by atoms with E-state index in [1.807, 2.05) is 73.7 Å². The number of nitrogens with zero attached hydrogens (tertiary/aromatic N) is 1. The predicted molar refractivity (Wildman–Crippen MR) is 179 cm³/mol. The lowest BCUT2D eigenvalue weighted by Crippen LogP contribution is -2.42. The summed E-state index contributed by atoms with van der Waals surface area (Å²) in [6, 6.07) is 36.0. The second kappa shape index (κ2) is 13.3. The smallest absolute Gasteiger partial charge is 0.380 e. The van der Waals surface area contributed by atoms with Crippen LogP contribution in [0.5, 0.6) is 5.75 Å². The Labute approximate surface area is 266 Å². The van der Waals surface area contributed by atoms with Crippen LogP contribution in [0.4, 0.5) is 0 Å². The van der Waals surface area contributed by atoms with Crippen LogP contribution < -0.4 is 9.92 Å². The fraction of sp³-hybridized carbons (Fsp3) is 0.243. The summed E-state index contributed by atoms with van der Waals surface area (Å²) < 4.78 is 15.3. The predicted octanol–water partition coefficient (Wildman–Crippen LogP) is 8.59. The highest BCUT2D eigenvalue weighted by Crippen LogP contribution is 2.45. The Balaban J connectivity index is 1.81. The topological polar surface area (TPSA) is 57.5 Å². The highest BCUT2D eigenvalue weighted by Gasteiger charge is 2.37. The van der Waals surface area contributed by atoms with Gasteiger partial charge in [-0.25, -0.2) is 4.79 Å². The summed E-state index contributed by atoms with van der Waals surface area (Å²) in [5.74, 6) is -1.21. The molecule has 0 N–H and O–H groups in total. The molecule has 0 aliphatic rings. The van der Waals surface area contributed by atoms with Crippen LogP contribution in [0.1, 0.15) is 70.0 Å². The van der Waals surface area contributed by atoms with Crippen molar-refractivity contribution in [1.29, 1.82) is 0 Å². The highest BCUT2D eigenvalue weighted by atomic mass is 35.5. The summed E-state index contributed by atoms with van der Waals surface area (Å²) in [5.41, 5.74) is 3.57. The SMILES string of the molecule is CCC(=O)C(=O)Oc1c(C(C)O[Si](c2ccccc2)C(C)(C)C)n(C(c2ccccc2)c2ccccc2)c2ccc(Cl)cc12. The fourth-order valence-electron chi connectivity index (χ4n) is 5.60. The van der Waals surface area contributed by atoms with Gasteiger partial charge in [-0.2, -0.15) is 0 Å². The third-order valence-electron chi connectivity index (χ3n) is 7.58. The van der Waals surface area contributed by atoms with Crippen LogP contribution >= 0.6 is 11.6 Å². The molecule has 1 heterocycles. The number of ketones is 1. The molecular weight excluding hydrogens is 586 g/mol. The van der Waals surface area contributed by atoms with Gasteiger partial charge in [-0.3, -0.25) is 4.79 Å². The van der Waals surface area contributed by atoms with Gasteiger partial charge in [0.25, 0.3) is 9.04 Å². The first-order valence-corrected chi connectivity index (χ1v) is 16.7. The number of halogens is 1. The Morgan fingerprint density at radius 2 is 1.39 bits per heavy atom. The van der Waals surface area contributed by atoms with Crippen LogP contribution in [-0.2, 0) is 14.0 Å². The van der Waals surface area contributed by atoms with Crippen molar-refractivity contribution in [2.24, 2.45) is 0 Å². The molecule has 0 saturated carbocycles. The molecule has 44 heavy (non-hydrogen) atoms. The minimum Gasteiger partial charge on any atom is -0.418 e. The molecule has 0 aliphatic carbocycles. The Kier molecular flexibility index (Phi) is 9.54. The number of Topliss-reactive ketones (excluding diaryl/α,β-unsaturated/α-hetero) is 1. The van der Waals surface area contributed by atoms with Gasteiger partial charge in [-0.05, 0) is 46.5 Å². The van der Waals surface area contributed by atoms with Gasteiger partial charge in [-0.15, -0.1) is 0 Å². The van der Waals surface area contributed by atoms with Crippen LogP contribution in [0, 0.1) is 0 Å². The van der Waals surface area contributed by atoms with Crippen LogP contribution in [-0.4, -0.2) is 25.4 Å². The van der Waals surface area contributed by atoms with Gasteiger partial charge in [-0.1, -0.05) is 130 Å². The number of esters is 1. The molecule has 1 aromatic heterocycles. The number of aromatic nitrogens is 1. The number of ether oxygens (including phenoxy) is 1. The molecule has 0 aliphatic heterocycles. The number of rotatable bonds is 10. The molecular formula is C37H37ClNO4Si. The van der Waals surface area contributed by atoms with E-state index in [9.17, 15) is 9.59 Å². The van der Waals surface area contributed by atoms with Crippen molar-refractivity contribution in [3.63, 3.8) is 0 Å². The normalized spacial score (nSPS) is 12.5. The van der Waals surface area contributed by atoms with Crippen molar-refractivity contribution < 1.29 is 18.8 Å². The molecule has 7 heteroatoms. The first kappa shape index (κ1) is 31.5. The van der Waals surface area contributed by atoms with Crippen molar-refractivity contribution in [3.05, 3.63) is 131 Å². The number of benzene rings is 4. The zero-order chi connectivity index (χ0) is 31.4. The van der Waals surface area contributed by atoms with E-state index in [2.05, 4.69) is 61.7 Å². The van der Waals surface area contributed by atoms with E-state index in [0.717, 1.165) is 21.8 Å². The molecule has 0 saturated heterocycles. The highest BCUT2D eigenvalue weighted by molar-refractivity contribution is 6.70. The molecule has 0 amide bonds. The van der Waals surface area contributed by atoms with Crippen LogP contribution in [0.3, 0.4) is 0 Å². The molecule has 225 valence electrons. The lowest BCUT2D eigenvalue weighted by atomic mass is 9.97. The third kappa shape index (κ3) is 6.58. The van der Waals surface area contributed by atoms with Gasteiger partial charge in [0.05, 0.1) is 23.4 Å². The molecule has 4 aromatic carbocycles. The van der Waals surface area contributed by atoms with Gasteiger partial charge in [0.1, 0.15) is 0 Å². The van der Waals surface area contributed by atoms with Gasteiger partial charge in [0.15, 0.2) is 5.75 Å². The standard InChI is InChI=1S/C37H37ClNO4Si/c1-6-32(40)36(41)42-35-30-24-28(38)22-23-31(30)39(34(26-16-10-7-11-17-26)27-18-12-8-13-19-27)33(35)25(2)43-44(37(3,4)5)29-20-14-9-15-21-29/h7-25,34H,6H2,1-5H3. The second-order valence-corrected chi connectivity index (χ2v) is 15.2. The minimum absolute atomic E-state index is 0.0431. The molecule has 1 radical (unpaired) electrons. The molecule has 1 atom stereocenters. The molecule has 5 rings (SSSR count). The summed E-state index contributed by atoms with van der Waals surface area (Å²) in [6.07, 6.45) is -0.481. The maximum absolute atomic E-state index is 13.1. The Hall–Kier alpha value is -3.97. The number of fused-ring (bicyclic) bond motifs is 1. The van der Waals surface area contributed by atoms with Crippen molar-refractivity contribution in [1.82, 2.24) is 4.57 Å². The quantitative estimate of drug-likeness (QED) is 0.0889. The van der Waals surface area contributed by atoms with Crippen molar-refractivity contribution in [2.75, 3.05) is 0 Å². The number of hydrogen-bond acceptors (Lipinski definition) is 4. The average molecular weight is 623 g/mol. The minimum atomic E-state index is -1.61. The number of hydrogen-bond donors (Lipinski definition) is 0. The number of carbonyl (C=O) groups is 2. The maximum atomic E-state index is 13.1. The molecule has 0 spiro atoms. The lowest BCUT2D eigenvalue weighted by molar-refractivity contribution is -0.146. The fourth-order valence-corrected chi connectivity index (χ4v) is 8.09. The molecule has 5 aromatic rings. The average Bonchev–Trinajstić information content (AvgIpc) is 3.32. The van der Waals surface area contributed by atoms with Crippen molar-refractivity contribution in [3.8, 4) is 5.75 Å². The third-order valence-corrected chi connectivity index (χ3v) is 10.6. The van der Waals surface area contributed by atoms with Crippen molar-refractivity contribution in [2.45, 2.75) is 58.2 Å². The summed E-state index contributed by atoms with van der Waals surface area (Å²) in [4.78, 5) is 25.7. The molecule has 0 fully saturated rings. The molecule has 5 nitrogen and oxygen atoms in total. The Bertz CT molecular complexity index is 1710. The Morgan fingerprint density at radius 1 is 0.841 bits per heavy atom. The monoisotopic (exact) mass is 622 g/mol. The second-order valence-electron chi connectivity index (χ2n) is 11.8. The van der Waals surface area contributed by atoms with Crippen LogP contribution in [0.25, 0.3) is 10.9 Å². The van der Waals surface area contributed by atoms with Crippen molar-refractivity contribution >= 4 is 48.5 Å². The summed E-state index contributed by atoms with van der Waals surface area (Å²) in [5, 5.41) is 2.12. The van der Waals surface area contributed by atoms with Crippen LogP contribution in [0.2, 0.25) is 10.1 Å². The first-order chi connectivity index (χ1) is 21.1. The summed E-state index contributed by atoms with van der Waals surface area (Å²) >= 11 is 6.55. The van der Waals surface area contributed by atoms with E-state index < -0.39 is 26.9 Å². The van der Waals surface area contributed by atoms with Gasteiger partial charge in [0, 0.05) is 16.8 Å². The summed E-state index contributed by atoms with van der Waals surface area (Å²) in [7, 11) is -1.61. The van der Waals surface area contributed by atoms with E-state index in [-0.39, 0.29) is 17.5 Å². The first-order valence-electron chi connectivity index (χ1n) is 14.9. The molecule has 0 bridgehead atoms. The zero-order valence-corrected chi connectivity index (χ0v) is 27.5. The van der Waals surface area contributed by atoms with E-state index >= 15 is 0 Å². The largest absolute Gasteiger partial charge is 0.418 e.